The molecule has 2 aliphatic rings. The number of fused-ring (bicyclic) bond motifs is 1. The monoisotopic (exact) mass is 218 g/mol. The highest BCUT2D eigenvalue weighted by molar-refractivity contribution is 5.32. The van der Waals surface area contributed by atoms with Crippen LogP contribution in [-0.4, -0.2) is 0 Å². The molecule has 0 bridgehead atoms. The summed E-state index contributed by atoms with van der Waals surface area (Å²) >= 11 is 0. The fraction of sp³-hybridized carbons (Fsp3) is 0.571. The molecule has 0 saturated heterocycles. The summed E-state index contributed by atoms with van der Waals surface area (Å²) in [6.07, 6.45) is 8.22. The highest BCUT2D eigenvalue weighted by Gasteiger charge is 2.28. The summed E-state index contributed by atoms with van der Waals surface area (Å²) in [5.74, 6) is 1.98. The number of rotatable bonds is 1. The standard InChI is InChI=1S/C14H22N2/c1-9(2)10-3-4-12-8-13(14(15)16)6-5-11(12)7-10/h8,10-11H,1,3-7,15-16H2,2H3/t10-,11?/m1/s1. The Labute approximate surface area is 98.1 Å². The molecule has 1 unspecified atom stereocenters. The molecule has 2 atom stereocenters. The molecule has 1 saturated carbocycles. The van der Waals surface area contributed by atoms with Gasteiger partial charge < -0.3 is 11.5 Å². The number of hydrogen-bond acceptors (Lipinski definition) is 2. The van der Waals surface area contributed by atoms with Crippen molar-refractivity contribution in [3.63, 3.8) is 0 Å². The van der Waals surface area contributed by atoms with Gasteiger partial charge in [-0.2, -0.15) is 0 Å². The maximum absolute atomic E-state index is 5.66. The van der Waals surface area contributed by atoms with Gasteiger partial charge in [0.15, 0.2) is 0 Å². The zero-order valence-electron chi connectivity index (χ0n) is 10.1. The summed E-state index contributed by atoms with van der Waals surface area (Å²) in [6, 6.07) is 0. The van der Waals surface area contributed by atoms with E-state index in [9.17, 15) is 0 Å². The van der Waals surface area contributed by atoms with Crippen molar-refractivity contribution in [2.24, 2.45) is 23.3 Å². The molecule has 2 heteroatoms. The molecule has 88 valence electrons. The molecule has 2 nitrogen and oxygen atoms in total. The molecular formula is C14H22N2. The molecule has 0 aliphatic heterocycles. The average Bonchev–Trinajstić information content (AvgIpc) is 2.27. The predicted molar refractivity (Wildman–Crippen MR) is 68.4 cm³/mol. The van der Waals surface area contributed by atoms with Crippen molar-refractivity contribution >= 4 is 0 Å². The molecule has 16 heavy (non-hydrogen) atoms. The Hall–Kier alpha value is -1.18. The van der Waals surface area contributed by atoms with Crippen molar-refractivity contribution in [1.82, 2.24) is 0 Å². The lowest BCUT2D eigenvalue weighted by Gasteiger charge is -2.35. The zero-order valence-corrected chi connectivity index (χ0v) is 10.1. The minimum atomic E-state index is 0.507. The van der Waals surface area contributed by atoms with Crippen LogP contribution >= 0.6 is 0 Å². The first-order chi connectivity index (χ1) is 7.58. The summed E-state index contributed by atoms with van der Waals surface area (Å²) in [6.45, 7) is 6.25. The minimum Gasteiger partial charge on any atom is -0.385 e. The maximum Gasteiger partial charge on any atom is 0.0966 e. The molecule has 0 aromatic rings. The van der Waals surface area contributed by atoms with Gasteiger partial charge in [-0.15, -0.1) is 0 Å². The molecule has 1 fully saturated rings. The van der Waals surface area contributed by atoms with Gasteiger partial charge in [0.25, 0.3) is 0 Å². The van der Waals surface area contributed by atoms with Gasteiger partial charge in [0.2, 0.25) is 0 Å². The molecule has 4 N–H and O–H groups in total. The third-order valence-corrected chi connectivity index (χ3v) is 4.06. The molecule has 0 radical (unpaired) electrons. The SMILES string of the molecule is C=C(C)[C@@H]1CCC2=CC(=C(N)N)CCC2C1. The second-order valence-corrected chi connectivity index (χ2v) is 5.25. The number of allylic oxidation sites excluding steroid dienone is 4. The highest BCUT2D eigenvalue weighted by Crippen LogP contribution is 2.42. The van der Waals surface area contributed by atoms with Crippen molar-refractivity contribution in [3.8, 4) is 0 Å². The van der Waals surface area contributed by atoms with E-state index in [4.69, 9.17) is 11.5 Å². The summed E-state index contributed by atoms with van der Waals surface area (Å²) in [5, 5.41) is 0. The molecule has 0 aromatic heterocycles. The van der Waals surface area contributed by atoms with Gasteiger partial charge in [0, 0.05) is 0 Å². The summed E-state index contributed by atoms with van der Waals surface area (Å²) in [5.41, 5.74) is 15.4. The Balaban J connectivity index is 2.14. The van der Waals surface area contributed by atoms with E-state index in [0.717, 1.165) is 23.8 Å². The van der Waals surface area contributed by atoms with E-state index in [-0.39, 0.29) is 0 Å². The highest BCUT2D eigenvalue weighted by atomic mass is 14.8. The molecule has 2 rings (SSSR count). The van der Waals surface area contributed by atoms with Crippen LogP contribution in [-0.2, 0) is 0 Å². The second kappa shape index (κ2) is 4.36. The second-order valence-electron chi connectivity index (χ2n) is 5.25. The van der Waals surface area contributed by atoms with Crippen LogP contribution in [0.4, 0.5) is 0 Å². The molecule has 2 aliphatic carbocycles. The van der Waals surface area contributed by atoms with E-state index in [1.54, 1.807) is 5.57 Å². The van der Waals surface area contributed by atoms with Crippen molar-refractivity contribution in [2.45, 2.75) is 39.0 Å². The Morgan fingerprint density at radius 2 is 2.06 bits per heavy atom. The smallest absolute Gasteiger partial charge is 0.0966 e. The number of hydrogen-bond donors (Lipinski definition) is 2. The lowest BCUT2D eigenvalue weighted by Crippen LogP contribution is -2.23. The van der Waals surface area contributed by atoms with Gasteiger partial charge >= 0.3 is 0 Å². The Kier molecular flexibility index (Phi) is 3.08. The van der Waals surface area contributed by atoms with E-state index in [1.165, 1.54) is 31.3 Å². The molecular weight excluding hydrogens is 196 g/mol. The largest absolute Gasteiger partial charge is 0.385 e. The van der Waals surface area contributed by atoms with Gasteiger partial charge in [-0.1, -0.05) is 23.8 Å². The van der Waals surface area contributed by atoms with Crippen LogP contribution in [0.25, 0.3) is 0 Å². The van der Waals surface area contributed by atoms with Crippen LogP contribution in [0.2, 0.25) is 0 Å². The van der Waals surface area contributed by atoms with Crippen molar-refractivity contribution in [3.05, 3.63) is 35.2 Å². The quantitative estimate of drug-likeness (QED) is 0.665. The molecule has 0 amide bonds. The van der Waals surface area contributed by atoms with Crippen LogP contribution < -0.4 is 11.5 Å². The lowest BCUT2D eigenvalue weighted by molar-refractivity contribution is 0.347. The first-order valence-electron chi connectivity index (χ1n) is 6.18. The first-order valence-corrected chi connectivity index (χ1v) is 6.18. The van der Waals surface area contributed by atoms with Crippen molar-refractivity contribution in [2.75, 3.05) is 0 Å². The Bertz CT molecular complexity index is 359. The summed E-state index contributed by atoms with van der Waals surface area (Å²) in [7, 11) is 0. The van der Waals surface area contributed by atoms with Crippen molar-refractivity contribution < 1.29 is 0 Å². The normalized spacial score (nSPS) is 29.3. The van der Waals surface area contributed by atoms with Crippen LogP contribution in [0.1, 0.15) is 39.0 Å². The van der Waals surface area contributed by atoms with E-state index < -0.39 is 0 Å². The van der Waals surface area contributed by atoms with E-state index in [1.807, 2.05) is 0 Å². The fourth-order valence-corrected chi connectivity index (χ4v) is 2.95. The molecule has 0 heterocycles. The van der Waals surface area contributed by atoms with Crippen LogP contribution in [0.15, 0.2) is 35.2 Å². The van der Waals surface area contributed by atoms with Crippen LogP contribution in [0.3, 0.4) is 0 Å². The molecule has 0 spiro atoms. The first kappa shape index (κ1) is 11.3. The van der Waals surface area contributed by atoms with Gasteiger partial charge in [-0.25, -0.2) is 0 Å². The number of nitrogens with two attached hydrogens (primary N) is 2. The summed E-state index contributed by atoms with van der Waals surface area (Å²) in [4.78, 5) is 0. The van der Waals surface area contributed by atoms with E-state index in [0.29, 0.717) is 5.82 Å². The minimum absolute atomic E-state index is 0.507. The average molecular weight is 218 g/mol. The Morgan fingerprint density at radius 1 is 1.31 bits per heavy atom. The lowest BCUT2D eigenvalue weighted by atomic mass is 9.71. The molecule has 0 aromatic carbocycles. The van der Waals surface area contributed by atoms with Gasteiger partial charge in [0.05, 0.1) is 5.82 Å². The fourth-order valence-electron chi connectivity index (χ4n) is 2.95. The topological polar surface area (TPSA) is 52.0 Å². The zero-order chi connectivity index (χ0) is 11.7. The Morgan fingerprint density at radius 3 is 2.69 bits per heavy atom. The third-order valence-electron chi connectivity index (χ3n) is 4.06. The van der Waals surface area contributed by atoms with E-state index >= 15 is 0 Å². The predicted octanol–water partition coefficient (Wildman–Crippen LogP) is 2.83. The summed E-state index contributed by atoms with van der Waals surface area (Å²) < 4.78 is 0. The van der Waals surface area contributed by atoms with E-state index in [2.05, 4.69) is 19.6 Å². The van der Waals surface area contributed by atoms with Crippen LogP contribution in [0, 0.1) is 11.8 Å². The van der Waals surface area contributed by atoms with Gasteiger partial charge in [-0.05, 0) is 56.4 Å². The maximum atomic E-state index is 5.66. The van der Waals surface area contributed by atoms with Crippen molar-refractivity contribution in [1.29, 1.82) is 0 Å². The third kappa shape index (κ3) is 2.16. The van der Waals surface area contributed by atoms with Gasteiger partial charge in [0.1, 0.15) is 0 Å². The van der Waals surface area contributed by atoms with Crippen LogP contribution in [0.5, 0.6) is 0 Å². The van der Waals surface area contributed by atoms with Gasteiger partial charge in [-0.3, -0.25) is 0 Å².